The molecular formula is C26H28N6O4S. The standard InChI is InChI=1S/C26H28N6O4S/c1-16(2)37(33,34)21-9-7-18(8-10-21)22-14-29-24(27)23(30-22)26-32-31-25(36-26)19-5-3-17(4-6-19)13-28-20-11-12-35-15-20/h3-10,14,16,20,28H,11-13,15H2,1-2H3,(H2,27,29)/t20-/m0/s1. The van der Waals surface area contributed by atoms with Gasteiger partial charge in [-0.25, -0.2) is 18.4 Å². The third-order valence-electron chi connectivity index (χ3n) is 6.25. The van der Waals surface area contributed by atoms with E-state index in [-0.39, 0.29) is 22.3 Å². The zero-order valence-electron chi connectivity index (χ0n) is 20.6. The summed E-state index contributed by atoms with van der Waals surface area (Å²) in [5.41, 5.74) is 9.43. The number of aromatic nitrogens is 4. The number of hydrogen-bond donors (Lipinski definition) is 2. The summed E-state index contributed by atoms with van der Waals surface area (Å²) in [6, 6.07) is 14.8. The van der Waals surface area contributed by atoms with Crippen molar-refractivity contribution >= 4 is 15.7 Å². The van der Waals surface area contributed by atoms with Crippen molar-refractivity contribution in [3.63, 3.8) is 0 Å². The SMILES string of the molecule is CC(C)S(=O)(=O)c1ccc(-c2cnc(N)c(-c3nnc(-c4ccc(CN[C@H]5CCOC5)cc4)o3)n2)cc1. The molecule has 4 aromatic rings. The van der Waals surface area contributed by atoms with E-state index in [1.165, 1.54) is 6.20 Å². The smallest absolute Gasteiger partial charge is 0.270 e. The lowest BCUT2D eigenvalue weighted by molar-refractivity contribution is 0.190. The zero-order chi connectivity index (χ0) is 26.0. The summed E-state index contributed by atoms with van der Waals surface area (Å²) in [5.74, 6) is 0.636. The number of ether oxygens (including phenoxy) is 1. The van der Waals surface area contributed by atoms with Gasteiger partial charge in [-0.05, 0) is 50.1 Å². The van der Waals surface area contributed by atoms with Crippen molar-refractivity contribution in [2.45, 2.75) is 43.0 Å². The Kier molecular flexibility index (Phi) is 7.00. The lowest BCUT2D eigenvalue weighted by Crippen LogP contribution is -2.28. The number of nitrogens with two attached hydrogens (primary N) is 1. The summed E-state index contributed by atoms with van der Waals surface area (Å²) in [5, 5.41) is 11.3. The van der Waals surface area contributed by atoms with Crippen LogP contribution in [0.5, 0.6) is 0 Å². The minimum Gasteiger partial charge on any atom is -0.414 e. The maximum atomic E-state index is 12.4. The molecule has 1 fully saturated rings. The largest absolute Gasteiger partial charge is 0.414 e. The zero-order valence-corrected chi connectivity index (χ0v) is 21.4. The van der Waals surface area contributed by atoms with Crippen molar-refractivity contribution < 1.29 is 17.6 Å². The van der Waals surface area contributed by atoms with Gasteiger partial charge < -0.3 is 20.2 Å². The molecular weight excluding hydrogens is 492 g/mol. The van der Waals surface area contributed by atoms with Crippen molar-refractivity contribution in [2.24, 2.45) is 0 Å². The second-order valence-corrected chi connectivity index (χ2v) is 11.7. The quantitative estimate of drug-likeness (QED) is 0.354. The molecule has 2 aromatic carbocycles. The Labute approximate surface area is 215 Å². The molecule has 1 saturated heterocycles. The fraction of sp³-hybridized carbons (Fsp3) is 0.308. The van der Waals surface area contributed by atoms with Crippen LogP contribution in [0.2, 0.25) is 0 Å². The molecule has 1 aliphatic rings. The average Bonchev–Trinajstić information content (AvgIpc) is 3.61. The lowest BCUT2D eigenvalue weighted by atomic mass is 10.1. The number of nitrogens with one attached hydrogen (secondary N) is 1. The van der Waals surface area contributed by atoms with Gasteiger partial charge in [0.1, 0.15) is 0 Å². The third-order valence-corrected chi connectivity index (χ3v) is 8.42. The van der Waals surface area contributed by atoms with E-state index in [1.807, 2.05) is 24.3 Å². The van der Waals surface area contributed by atoms with Crippen molar-refractivity contribution in [3.05, 3.63) is 60.3 Å². The molecule has 0 bridgehead atoms. The molecule has 3 heterocycles. The number of nitrogens with zero attached hydrogens (tertiary/aromatic N) is 4. The molecule has 0 spiro atoms. The lowest BCUT2D eigenvalue weighted by Gasteiger charge is -2.10. The van der Waals surface area contributed by atoms with E-state index in [1.54, 1.807) is 38.1 Å². The first-order valence-electron chi connectivity index (χ1n) is 12.0. The van der Waals surface area contributed by atoms with Crippen LogP contribution in [0, 0.1) is 0 Å². The second kappa shape index (κ2) is 10.4. The van der Waals surface area contributed by atoms with Crippen LogP contribution in [-0.2, 0) is 21.1 Å². The first kappa shape index (κ1) is 25.0. The maximum Gasteiger partial charge on any atom is 0.270 e. The Bertz CT molecular complexity index is 1480. The van der Waals surface area contributed by atoms with E-state index >= 15 is 0 Å². The second-order valence-electron chi connectivity index (χ2n) is 9.16. The van der Waals surface area contributed by atoms with Crippen molar-refractivity contribution in [3.8, 4) is 34.3 Å². The highest BCUT2D eigenvalue weighted by Crippen LogP contribution is 2.29. The van der Waals surface area contributed by atoms with Crippen molar-refractivity contribution in [1.82, 2.24) is 25.5 Å². The maximum absolute atomic E-state index is 12.4. The van der Waals surface area contributed by atoms with Gasteiger partial charge in [0.25, 0.3) is 5.89 Å². The highest BCUT2D eigenvalue weighted by atomic mass is 32.2. The molecule has 10 nitrogen and oxygen atoms in total. The molecule has 0 saturated carbocycles. The van der Waals surface area contributed by atoms with Crippen molar-refractivity contribution in [1.29, 1.82) is 0 Å². The van der Waals surface area contributed by atoms with Gasteiger partial charge in [-0.1, -0.05) is 24.3 Å². The monoisotopic (exact) mass is 520 g/mol. The summed E-state index contributed by atoms with van der Waals surface area (Å²) >= 11 is 0. The summed E-state index contributed by atoms with van der Waals surface area (Å²) in [6.45, 7) is 5.62. The fourth-order valence-electron chi connectivity index (χ4n) is 3.94. The summed E-state index contributed by atoms with van der Waals surface area (Å²) in [4.78, 5) is 9.06. The summed E-state index contributed by atoms with van der Waals surface area (Å²) in [6.07, 6.45) is 2.55. The predicted molar refractivity (Wildman–Crippen MR) is 139 cm³/mol. The van der Waals surface area contributed by atoms with Gasteiger partial charge in [0.05, 0.1) is 28.6 Å². The highest BCUT2D eigenvalue weighted by Gasteiger charge is 2.20. The van der Waals surface area contributed by atoms with Crippen molar-refractivity contribution in [2.75, 3.05) is 18.9 Å². The minimum absolute atomic E-state index is 0.146. The van der Waals surface area contributed by atoms with E-state index in [2.05, 4.69) is 25.5 Å². The van der Waals surface area contributed by atoms with Crippen LogP contribution in [0.1, 0.15) is 25.8 Å². The minimum atomic E-state index is -3.37. The van der Waals surface area contributed by atoms with E-state index in [0.717, 1.165) is 37.3 Å². The Morgan fingerprint density at radius 2 is 1.73 bits per heavy atom. The van der Waals surface area contributed by atoms with Crippen LogP contribution >= 0.6 is 0 Å². The summed E-state index contributed by atoms with van der Waals surface area (Å²) in [7, 11) is -3.37. The molecule has 1 aliphatic heterocycles. The van der Waals surface area contributed by atoms with Crippen LogP contribution in [-0.4, -0.2) is 53.1 Å². The molecule has 5 rings (SSSR count). The topological polar surface area (TPSA) is 146 Å². The Morgan fingerprint density at radius 3 is 2.41 bits per heavy atom. The van der Waals surface area contributed by atoms with Gasteiger partial charge in [-0.3, -0.25) is 0 Å². The third kappa shape index (κ3) is 5.38. The van der Waals surface area contributed by atoms with E-state index in [4.69, 9.17) is 14.9 Å². The Morgan fingerprint density at radius 1 is 1.03 bits per heavy atom. The van der Waals surface area contributed by atoms with Crippen LogP contribution in [0.4, 0.5) is 5.82 Å². The Hall–Kier alpha value is -3.67. The molecule has 2 aromatic heterocycles. The highest BCUT2D eigenvalue weighted by molar-refractivity contribution is 7.92. The molecule has 37 heavy (non-hydrogen) atoms. The molecule has 0 aliphatic carbocycles. The van der Waals surface area contributed by atoms with Crippen LogP contribution in [0.3, 0.4) is 0 Å². The van der Waals surface area contributed by atoms with E-state index in [0.29, 0.717) is 23.2 Å². The summed E-state index contributed by atoms with van der Waals surface area (Å²) < 4.78 is 36.1. The van der Waals surface area contributed by atoms with Crippen LogP contribution < -0.4 is 11.1 Å². The first-order valence-corrected chi connectivity index (χ1v) is 13.6. The van der Waals surface area contributed by atoms with Gasteiger partial charge in [0, 0.05) is 30.3 Å². The number of benzene rings is 2. The fourth-order valence-corrected chi connectivity index (χ4v) is 5.00. The van der Waals surface area contributed by atoms with Gasteiger partial charge in [-0.2, -0.15) is 0 Å². The molecule has 0 radical (unpaired) electrons. The number of sulfone groups is 1. The number of rotatable bonds is 8. The van der Waals surface area contributed by atoms with Gasteiger partial charge >= 0.3 is 0 Å². The number of nitrogen functional groups attached to an aromatic ring is 1. The molecule has 0 unspecified atom stereocenters. The molecule has 0 amide bonds. The van der Waals surface area contributed by atoms with Crippen LogP contribution in [0.25, 0.3) is 34.3 Å². The van der Waals surface area contributed by atoms with Gasteiger partial charge in [-0.15, -0.1) is 10.2 Å². The average molecular weight is 521 g/mol. The normalized spacial score (nSPS) is 15.9. The van der Waals surface area contributed by atoms with E-state index in [9.17, 15) is 8.42 Å². The van der Waals surface area contributed by atoms with Gasteiger partial charge in [0.15, 0.2) is 21.3 Å². The van der Waals surface area contributed by atoms with E-state index < -0.39 is 15.1 Å². The predicted octanol–water partition coefficient (Wildman–Crippen LogP) is 3.50. The number of hydrogen-bond acceptors (Lipinski definition) is 10. The Balaban J connectivity index is 1.34. The van der Waals surface area contributed by atoms with Crippen LogP contribution in [0.15, 0.2) is 64.0 Å². The number of anilines is 1. The molecule has 11 heteroatoms. The molecule has 192 valence electrons. The molecule has 3 N–H and O–H groups in total. The molecule has 1 atom stereocenters. The first-order chi connectivity index (χ1) is 17.8. The van der Waals surface area contributed by atoms with Gasteiger partial charge in [0.2, 0.25) is 5.89 Å².